The van der Waals surface area contributed by atoms with Crippen molar-refractivity contribution in [3.8, 4) is 0 Å². The molecule has 2 saturated carbocycles. The number of rotatable bonds is 8. The van der Waals surface area contributed by atoms with Crippen LogP contribution in [0.25, 0.3) is 0 Å². The highest BCUT2D eigenvalue weighted by molar-refractivity contribution is 5.96. The van der Waals surface area contributed by atoms with Gasteiger partial charge in [0.25, 0.3) is 0 Å². The number of benzene rings is 4. The minimum Gasteiger partial charge on any atom is -0.451 e. The Morgan fingerprint density at radius 3 is 1.85 bits per heavy atom. The van der Waals surface area contributed by atoms with Gasteiger partial charge < -0.3 is 14.6 Å². The van der Waals surface area contributed by atoms with Crippen LogP contribution in [0.5, 0.6) is 0 Å². The number of Topliss-reactive ketones (excluding diaryl/α,β-unsaturated/α-hetero) is 1. The zero-order chi connectivity index (χ0) is 36.5. The van der Waals surface area contributed by atoms with Crippen molar-refractivity contribution >= 4 is 11.8 Å². The van der Waals surface area contributed by atoms with Gasteiger partial charge in [0.05, 0.1) is 23.5 Å². The van der Waals surface area contributed by atoms with Crippen molar-refractivity contribution in [2.45, 2.75) is 57.6 Å². The monoisotopic (exact) mass is 696 g/mol. The maximum atomic E-state index is 17.8. The molecule has 0 amide bonds. The number of hydrogen-bond acceptors (Lipinski definition) is 5. The van der Waals surface area contributed by atoms with E-state index in [1.54, 1.807) is 43.3 Å². The summed E-state index contributed by atoms with van der Waals surface area (Å²) in [6.07, 6.45) is 1.01. The highest BCUT2D eigenvalue weighted by Gasteiger charge is 2.76. The number of ether oxygens (including phenoxy) is 2. The van der Waals surface area contributed by atoms with Crippen molar-refractivity contribution in [1.29, 1.82) is 0 Å². The molecule has 2 fully saturated rings. The molecule has 6 heteroatoms. The first-order valence-corrected chi connectivity index (χ1v) is 18.3. The molecular weight excluding hydrogens is 651 g/mol. The minimum absolute atomic E-state index is 0.107. The number of hydrogen-bond donors (Lipinski definition) is 1. The average molecular weight is 697 g/mol. The van der Waals surface area contributed by atoms with Crippen LogP contribution in [0.4, 0.5) is 4.39 Å². The number of carbonyl (C=O) groups is 2. The van der Waals surface area contributed by atoms with Crippen LogP contribution in [0.2, 0.25) is 0 Å². The number of esters is 1. The minimum atomic E-state index is -2.05. The summed E-state index contributed by atoms with van der Waals surface area (Å²) in [5, 5.41) is 13.2. The summed E-state index contributed by atoms with van der Waals surface area (Å²) in [6, 6.07) is 38.1. The standard InChI is InChI=1S/C46H45FO5/c1-29-26-44-30(2)25-36-38(43(36,3)4)37(40(44)48)39(47)32(27-45(44,50)41(29)52-42(49)31-17-9-5-10-18-31)28-51-46(33-19-11-6-12-20-33,34-21-13-7-14-22-34)35-23-15-8-16-24-35/h5-24,26-27,30,36-39,41,50H,25,28H2,1-4H3/t30-,36-,37-,38-,39-,41+,44+,45+/m1/s1. The van der Waals surface area contributed by atoms with Gasteiger partial charge in [-0.05, 0) is 82.6 Å². The van der Waals surface area contributed by atoms with Crippen LogP contribution in [-0.4, -0.2) is 41.3 Å². The van der Waals surface area contributed by atoms with Crippen LogP contribution in [0.3, 0.4) is 0 Å². The maximum Gasteiger partial charge on any atom is 0.338 e. The van der Waals surface area contributed by atoms with E-state index in [0.717, 1.165) is 16.7 Å². The van der Waals surface area contributed by atoms with Gasteiger partial charge in [-0.25, -0.2) is 9.18 Å². The second kappa shape index (κ2) is 12.5. The Kier molecular flexibility index (Phi) is 8.27. The predicted molar refractivity (Wildman–Crippen MR) is 198 cm³/mol. The summed E-state index contributed by atoms with van der Waals surface area (Å²) in [4.78, 5) is 28.8. The van der Waals surface area contributed by atoms with Crippen molar-refractivity contribution in [1.82, 2.24) is 0 Å². The Balaban J connectivity index is 1.29. The Labute approximate surface area is 305 Å². The van der Waals surface area contributed by atoms with Crippen LogP contribution < -0.4 is 0 Å². The molecule has 8 atom stereocenters. The van der Waals surface area contributed by atoms with Gasteiger partial charge in [-0.15, -0.1) is 0 Å². The van der Waals surface area contributed by atoms with E-state index in [-0.39, 0.29) is 41.1 Å². The normalized spacial score (nSPS) is 31.6. The molecule has 0 saturated heterocycles. The van der Waals surface area contributed by atoms with Crippen molar-refractivity contribution < 1.29 is 28.6 Å². The molecule has 4 aromatic carbocycles. The van der Waals surface area contributed by atoms with Crippen LogP contribution in [0, 0.1) is 34.5 Å². The SMILES string of the molecule is CC1=C[C@@]23C(=O)[C@H]([C@H]4[C@@H](C[C@H]2C)C4(C)C)[C@H](F)C(COC(c2ccccc2)(c2ccccc2)c2ccccc2)=C[C@]3(O)[C@H]1OC(=O)c1ccccc1. The third kappa shape index (κ3) is 4.94. The van der Waals surface area contributed by atoms with Crippen LogP contribution >= 0.6 is 0 Å². The average Bonchev–Trinajstić information content (AvgIpc) is 3.66. The molecular formula is C46H45FO5. The molecule has 0 aliphatic heterocycles. The van der Waals surface area contributed by atoms with Gasteiger partial charge in [0.1, 0.15) is 17.4 Å². The van der Waals surface area contributed by atoms with Crippen LogP contribution in [0.15, 0.2) is 145 Å². The molecule has 2 bridgehead atoms. The molecule has 1 N–H and O–H groups in total. The summed E-state index contributed by atoms with van der Waals surface area (Å²) < 4.78 is 31.1. The fraction of sp³-hybridized carbons (Fsp3) is 0.348. The first-order chi connectivity index (χ1) is 25.0. The Morgan fingerprint density at radius 1 is 0.827 bits per heavy atom. The quantitative estimate of drug-likeness (QED) is 0.113. The summed E-state index contributed by atoms with van der Waals surface area (Å²) >= 11 is 0. The van der Waals surface area contributed by atoms with E-state index in [4.69, 9.17) is 9.47 Å². The lowest BCUT2D eigenvalue weighted by Crippen LogP contribution is -2.59. The van der Waals surface area contributed by atoms with Gasteiger partial charge in [0.15, 0.2) is 11.9 Å². The molecule has 4 aliphatic rings. The lowest BCUT2D eigenvalue weighted by molar-refractivity contribution is -0.154. The molecule has 8 rings (SSSR count). The van der Waals surface area contributed by atoms with Crippen molar-refractivity contribution in [3.05, 3.63) is 167 Å². The number of fused-ring (bicyclic) bond motifs is 3. The maximum absolute atomic E-state index is 17.8. The molecule has 0 aromatic heterocycles. The van der Waals surface area contributed by atoms with Gasteiger partial charge >= 0.3 is 5.97 Å². The van der Waals surface area contributed by atoms with E-state index >= 15 is 9.18 Å². The molecule has 0 radical (unpaired) electrons. The highest BCUT2D eigenvalue weighted by Crippen LogP contribution is 2.72. The predicted octanol–water partition coefficient (Wildman–Crippen LogP) is 8.67. The highest BCUT2D eigenvalue weighted by atomic mass is 19.1. The lowest BCUT2D eigenvalue weighted by atomic mass is 9.60. The number of halogens is 1. The van der Waals surface area contributed by atoms with E-state index < -0.39 is 40.8 Å². The fourth-order valence-corrected chi connectivity index (χ4v) is 10.2. The van der Waals surface area contributed by atoms with Gasteiger partial charge in [-0.1, -0.05) is 136 Å². The molecule has 0 heterocycles. The van der Waals surface area contributed by atoms with Gasteiger partial charge in [0.2, 0.25) is 0 Å². The number of aliphatic hydroxyl groups is 1. The zero-order valence-corrected chi connectivity index (χ0v) is 30.0. The van der Waals surface area contributed by atoms with Crippen LogP contribution in [0.1, 0.15) is 61.2 Å². The van der Waals surface area contributed by atoms with E-state index in [2.05, 4.69) is 13.8 Å². The zero-order valence-electron chi connectivity index (χ0n) is 30.0. The summed E-state index contributed by atoms with van der Waals surface area (Å²) in [6.45, 7) is 7.78. The van der Waals surface area contributed by atoms with Gasteiger partial charge in [-0.3, -0.25) is 4.79 Å². The second-order valence-electron chi connectivity index (χ2n) is 15.9. The molecule has 5 nitrogen and oxygen atoms in total. The van der Waals surface area contributed by atoms with Gasteiger partial charge in [0, 0.05) is 0 Å². The molecule has 4 aliphatic carbocycles. The lowest BCUT2D eigenvalue weighted by Gasteiger charge is -2.45. The Hall–Kier alpha value is -4.65. The third-order valence-electron chi connectivity index (χ3n) is 12.9. The molecule has 1 spiro atoms. The first kappa shape index (κ1) is 34.4. The second-order valence-corrected chi connectivity index (χ2v) is 15.9. The number of alkyl halides is 1. The third-order valence-corrected chi connectivity index (χ3v) is 12.9. The summed E-state index contributed by atoms with van der Waals surface area (Å²) in [5.41, 5.74) is -1.32. The van der Waals surface area contributed by atoms with E-state index in [1.165, 1.54) is 6.08 Å². The summed E-state index contributed by atoms with van der Waals surface area (Å²) in [7, 11) is 0. The summed E-state index contributed by atoms with van der Waals surface area (Å²) in [5.74, 6) is -2.39. The van der Waals surface area contributed by atoms with Crippen LogP contribution in [-0.2, 0) is 19.9 Å². The first-order valence-electron chi connectivity index (χ1n) is 18.3. The number of carbonyl (C=O) groups excluding carboxylic acids is 2. The Bertz CT molecular complexity index is 1940. The molecule has 4 aromatic rings. The van der Waals surface area contributed by atoms with E-state index in [9.17, 15) is 9.90 Å². The molecule has 52 heavy (non-hydrogen) atoms. The molecule has 266 valence electrons. The largest absolute Gasteiger partial charge is 0.451 e. The van der Waals surface area contributed by atoms with E-state index in [1.807, 2.05) is 97.9 Å². The number of ketones is 1. The van der Waals surface area contributed by atoms with Crippen molar-refractivity contribution in [3.63, 3.8) is 0 Å². The topological polar surface area (TPSA) is 72.8 Å². The fourth-order valence-electron chi connectivity index (χ4n) is 10.2. The van der Waals surface area contributed by atoms with Crippen molar-refractivity contribution in [2.24, 2.45) is 34.5 Å². The van der Waals surface area contributed by atoms with Crippen molar-refractivity contribution in [2.75, 3.05) is 6.61 Å². The van der Waals surface area contributed by atoms with E-state index in [0.29, 0.717) is 17.6 Å². The Morgan fingerprint density at radius 2 is 1.33 bits per heavy atom. The van der Waals surface area contributed by atoms with Gasteiger partial charge in [-0.2, -0.15) is 0 Å². The molecule has 0 unspecified atom stereocenters. The smallest absolute Gasteiger partial charge is 0.338 e.